The van der Waals surface area contributed by atoms with Crippen molar-refractivity contribution >= 4 is 52.0 Å². The molecule has 0 saturated carbocycles. The van der Waals surface area contributed by atoms with Crippen LogP contribution in [0.3, 0.4) is 0 Å². The summed E-state index contributed by atoms with van der Waals surface area (Å²) < 4.78 is 0. The van der Waals surface area contributed by atoms with Gasteiger partial charge in [0.25, 0.3) is 0 Å². The number of nitrogens with zero attached hydrogens (tertiary/aromatic N) is 2. The minimum absolute atomic E-state index is 0.544. The first-order valence-corrected chi connectivity index (χ1v) is 12.3. The zero-order valence-electron chi connectivity index (χ0n) is 11.6. The molecule has 0 atom stereocenters. The van der Waals surface area contributed by atoms with Gasteiger partial charge in [-0.3, -0.25) is 15.0 Å². The fraction of sp³-hybridized carbons (Fsp3) is 0. The Balaban J connectivity index is 0.000000284. The van der Waals surface area contributed by atoms with E-state index in [0.29, 0.717) is 5.15 Å². The van der Waals surface area contributed by atoms with Crippen molar-refractivity contribution in [2.24, 2.45) is 0 Å². The van der Waals surface area contributed by atoms with E-state index in [1.807, 2.05) is 42.7 Å². The number of halogens is 5. The minimum Gasteiger partial charge on any atom is -0.265 e. The fourth-order valence-electron chi connectivity index (χ4n) is 0.895. The number of imidazole rings is 1. The Kier molecular flexibility index (Phi) is 14.7. The molecular weight excluding hydrogens is 445 g/mol. The summed E-state index contributed by atoms with van der Waals surface area (Å²) in [5.41, 5.74) is 0. The summed E-state index contributed by atoms with van der Waals surface area (Å²) >= 11 is 5.43. The van der Waals surface area contributed by atoms with E-state index in [1.165, 1.54) is 0 Å². The van der Waals surface area contributed by atoms with E-state index in [0.717, 1.165) is 0 Å². The van der Waals surface area contributed by atoms with Crippen LogP contribution in [0.5, 0.6) is 0 Å². The molecule has 0 aliphatic carbocycles. The van der Waals surface area contributed by atoms with Gasteiger partial charge >= 0.3 is 49.6 Å². The average molecular weight is 459 g/mol. The van der Waals surface area contributed by atoms with Crippen LogP contribution in [0.1, 0.15) is 0 Å². The van der Waals surface area contributed by atoms with Crippen LogP contribution in [-0.2, 0) is 9.20 Å². The molecule has 0 aliphatic heterocycles. The molecule has 10 heteroatoms. The molecule has 0 bridgehead atoms. The quantitative estimate of drug-likeness (QED) is 0.362. The molecule has 0 amide bonds. The normalized spacial score (nSPS) is 9.78. The molecule has 23 heavy (non-hydrogen) atoms. The summed E-state index contributed by atoms with van der Waals surface area (Å²) in [7, 11) is 17.2. The molecule has 129 valence electrons. The standard InChI is InChI=1S/C5H4ClN.C5H5N.C3H4N2.4ClH.Fe/c6-5-3-1-2-4-7-5;1-2-4-6-5-3-1;1-2-5-3-4-1;;;;;/h1-4H;1-5H;1-3H,(H,4,5);4*1H;/q;;;;;;;+3/p-3. The van der Waals surface area contributed by atoms with Crippen LogP contribution in [0, 0.1) is 0 Å². The largest absolute Gasteiger partial charge is 0.265 e. The molecule has 0 radical (unpaired) electrons. The van der Waals surface area contributed by atoms with Gasteiger partial charge in [0.1, 0.15) is 17.5 Å². The van der Waals surface area contributed by atoms with Crippen molar-refractivity contribution in [3.8, 4) is 0 Å². The topological polar surface area (TPSA) is 55.7 Å². The maximum atomic E-state index is 5.43. The van der Waals surface area contributed by atoms with Crippen LogP contribution in [0.15, 0.2) is 73.7 Å². The molecule has 3 aromatic heterocycles. The van der Waals surface area contributed by atoms with Crippen molar-refractivity contribution < 1.29 is 14.2 Å². The molecule has 2 N–H and O–H groups in total. The van der Waals surface area contributed by atoms with E-state index in [4.69, 9.17) is 52.0 Å². The van der Waals surface area contributed by atoms with Crippen molar-refractivity contribution in [1.82, 2.24) is 15.0 Å². The molecule has 0 unspecified atom stereocenters. The molecule has 3 aromatic rings. The summed E-state index contributed by atoms with van der Waals surface area (Å²) in [6.45, 7) is 0. The van der Waals surface area contributed by atoms with Gasteiger partial charge in [-0.1, -0.05) is 23.7 Å². The second-order valence-corrected chi connectivity index (χ2v) is 14.6. The number of aromatic nitrogens is 4. The number of hydrogen-bond acceptors (Lipinski definition) is 2. The minimum atomic E-state index is -2.61. The number of aromatic amines is 2. The maximum absolute atomic E-state index is 5.43. The molecule has 0 saturated heterocycles. The molecule has 0 fully saturated rings. The van der Waals surface area contributed by atoms with Crippen molar-refractivity contribution in [3.63, 3.8) is 0 Å². The molecule has 3 heterocycles. The zero-order chi connectivity index (χ0) is 17.4. The number of H-pyrrole nitrogens is 2. The van der Waals surface area contributed by atoms with Crippen molar-refractivity contribution in [2.45, 2.75) is 0 Å². The summed E-state index contributed by atoms with van der Waals surface area (Å²) in [5.74, 6) is 0. The molecule has 3 rings (SSSR count). The van der Waals surface area contributed by atoms with Crippen LogP contribution in [0.25, 0.3) is 0 Å². The van der Waals surface area contributed by atoms with Crippen molar-refractivity contribution in [1.29, 1.82) is 0 Å². The average Bonchev–Trinajstić information content (AvgIpc) is 3.08. The number of pyridine rings is 2. The van der Waals surface area contributed by atoms with E-state index in [2.05, 4.69) is 19.9 Å². The molecule has 0 aromatic carbocycles. The van der Waals surface area contributed by atoms with Crippen LogP contribution < -0.4 is 4.98 Å². The summed E-state index contributed by atoms with van der Waals surface area (Å²) in [6, 6.07) is 11.1. The summed E-state index contributed by atoms with van der Waals surface area (Å²) in [4.78, 5) is 13.1. The van der Waals surface area contributed by atoms with E-state index in [9.17, 15) is 0 Å². The summed E-state index contributed by atoms with van der Waals surface area (Å²) in [5, 5.41) is 0.544. The Bertz CT molecular complexity index is 514. The third-order valence-electron chi connectivity index (χ3n) is 1.64. The van der Waals surface area contributed by atoms with Gasteiger partial charge < -0.3 is 0 Å². The SMILES string of the molecule is Clc1ccccn1.[Cl][Fe-]([Cl])([Cl])[Cl].c1c[nH+]c[nH]1.c1ccncc1. The fourth-order valence-corrected chi connectivity index (χ4v) is 1.02. The first-order valence-electron chi connectivity index (χ1n) is 5.83. The third kappa shape index (κ3) is 23.9. The van der Waals surface area contributed by atoms with Crippen LogP contribution >= 0.6 is 52.0 Å². The smallest absolute Gasteiger partial charge is 0.239 e. The van der Waals surface area contributed by atoms with Gasteiger partial charge in [-0.25, -0.2) is 4.98 Å². The van der Waals surface area contributed by atoms with Gasteiger partial charge in [-0.2, -0.15) is 0 Å². The van der Waals surface area contributed by atoms with Crippen molar-refractivity contribution in [3.05, 3.63) is 78.9 Å². The van der Waals surface area contributed by atoms with Gasteiger partial charge in [0.2, 0.25) is 6.33 Å². The van der Waals surface area contributed by atoms with Crippen LogP contribution in [0.4, 0.5) is 0 Å². The van der Waals surface area contributed by atoms with E-state index >= 15 is 0 Å². The van der Waals surface area contributed by atoms with Gasteiger partial charge in [-0.15, -0.1) is 0 Å². The van der Waals surface area contributed by atoms with Gasteiger partial charge in [0.15, 0.2) is 0 Å². The van der Waals surface area contributed by atoms with Gasteiger partial charge in [0, 0.05) is 18.6 Å². The van der Waals surface area contributed by atoms with Crippen LogP contribution in [-0.4, -0.2) is 15.0 Å². The number of rotatable bonds is 0. The van der Waals surface area contributed by atoms with Crippen molar-refractivity contribution in [2.75, 3.05) is 0 Å². The van der Waals surface area contributed by atoms with Gasteiger partial charge in [-0.05, 0) is 24.3 Å². The third-order valence-corrected chi connectivity index (χ3v) is 1.86. The Morgan fingerprint density at radius 3 is 1.70 bits per heavy atom. The number of nitrogens with one attached hydrogen (secondary N) is 2. The van der Waals surface area contributed by atoms with Gasteiger partial charge in [0.05, 0.1) is 0 Å². The first kappa shape index (κ1) is 22.5. The molecule has 0 aliphatic rings. The monoisotopic (exact) mass is 457 g/mol. The number of hydrogen-bond donors (Lipinski definition) is 1. The zero-order valence-corrected chi connectivity index (χ0v) is 16.4. The Labute approximate surface area is 159 Å². The Morgan fingerprint density at radius 1 is 0.913 bits per heavy atom. The van der Waals surface area contributed by atoms with E-state index in [1.54, 1.807) is 31.0 Å². The second kappa shape index (κ2) is 15.0. The Hall–Kier alpha value is -0.521. The molecular formula is C13H14Cl5FeN4. The predicted octanol–water partition coefficient (Wildman–Crippen LogP) is 5.40. The second-order valence-electron chi connectivity index (χ2n) is 3.29. The first-order chi connectivity index (χ1) is 10.9. The molecule has 0 spiro atoms. The van der Waals surface area contributed by atoms with E-state index in [-0.39, 0.29) is 0 Å². The van der Waals surface area contributed by atoms with E-state index < -0.39 is 9.20 Å². The molecule has 4 nitrogen and oxygen atoms in total. The van der Waals surface area contributed by atoms with Crippen LogP contribution in [0.2, 0.25) is 5.15 Å². The maximum Gasteiger partial charge on any atom is 0.239 e. The Morgan fingerprint density at radius 2 is 1.52 bits per heavy atom. The predicted molar refractivity (Wildman–Crippen MR) is 94.2 cm³/mol. The summed E-state index contributed by atoms with van der Waals surface area (Å²) in [6.07, 6.45) is 10.5.